The van der Waals surface area contributed by atoms with Gasteiger partial charge in [-0.3, -0.25) is 19.5 Å². The van der Waals surface area contributed by atoms with Crippen LogP contribution in [0.5, 0.6) is 0 Å². The predicted octanol–water partition coefficient (Wildman–Crippen LogP) is 3.93. The fourth-order valence-corrected chi connectivity index (χ4v) is 6.38. The Morgan fingerprint density at radius 3 is 2.30 bits per heavy atom. The minimum absolute atomic E-state index is 0.102. The molecule has 0 saturated carbocycles. The van der Waals surface area contributed by atoms with Crippen LogP contribution >= 0.6 is 0 Å². The Labute approximate surface area is 256 Å². The van der Waals surface area contributed by atoms with Crippen molar-refractivity contribution in [2.24, 2.45) is 11.1 Å². The second-order valence-electron chi connectivity index (χ2n) is 13.2. The first-order valence-electron chi connectivity index (χ1n) is 15.3. The third-order valence-corrected chi connectivity index (χ3v) is 9.13. The Morgan fingerprint density at radius 2 is 1.65 bits per heavy atom. The van der Waals surface area contributed by atoms with Crippen molar-refractivity contribution in [2.75, 3.05) is 41.3 Å². The van der Waals surface area contributed by atoms with E-state index < -0.39 is 17.0 Å². The highest BCUT2D eigenvalue weighted by Crippen LogP contribution is 2.36. The molecule has 43 heavy (non-hydrogen) atoms. The summed E-state index contributed by atoms with van der Waals surface area (Å²) >= 11 is 0. The number of quaternary nitrogens is 1. The van der Waals surface area contributed by atoms with Gasteiger partial charge in [0, 0.05) is 33.6 Å². The van der Waals surface area contributed by atoms with Crippen LogP contribution in [0.4, 0.5) is 0 Å². The van der Waals surface area contributed by atoms with Crippen molar-refractivity contribution in [1.29, 1.82) is 0 Å². The zero-order valence-corrected chi connectivity index (χ0v) is 26.6. The van der Waals surface area contributed by atoms with Crippen molar-refractivity contribution in [3.63, 3.8) is 0 Å². The fraction of sp³-hybridized carbons (Fsp3) is 0.457. The Hall–Kier alpha value is -3.59. The van der Waals surface area contributed by atoms with E-state index in [1.807, 2.05) is 60.4 Å². The minimum Gasteiger partial charge on any atom is -0.336 e. The van der Waals surface area contributed by atoms with Crippen LogP contribution in [0.1, 0.15) is 44.2 Å². The molecule has 0 bridgehead atoms. The van der Waals surface area contributed by atoms with E-state index in [1.54, 1.807) is 40.1 Å². The van der Waals surface area contributed by atoms with Gasteiger partial charge in [-0.05, 0) is 54.5 Å². The summed E-state index contributed by atoms with van der Waals surface area (Å²) in [5, 5.41) is 3.86. The molecule has 230 valence electrons. The maximum absolute atomic E-state index is 14.7. The molecule has 3 atom stereocenters. The molecule has 0 spiro atoms. The minimum atomic E-state index is -1.09. The lowest BCUT2D eigenvalue weighted by Crippen LogP contribution is -2.68. The molecule has 3 amide bonds. The Kier molecular flexibility index (Phi) is 9.74. The maximum atomic E-state index is 14.7. The second kappa shape index (κ2) is 13.0. The monoisotopic (exact) mass is 586 g/mol. The number of carbonyl (C=O) groups excluding carboxylic acids is 3. The highest BCUT2D eigenvalue weighted by atomic mass is 16.2. The predicted molar refractivity (Wildman–Crippen MR) is 172 cm³/mol. The quantitative estimate of drug-likeness (QED) is 0.277. The standard InChI is InChI=1S/C35H47N5O3/c1-7-34(2,36)33(43)40(5,6)30(23-27-18-19-28-16-11-12-17-29(28)22-27)31(41)39-21-13-20-35(25-39,32(42)37-38(3)4)24-26-14-9-8-10-15-26/h8-12,14-19,22,30H,7,13,20-21,23-25,36H2,1-6H3/p+1/t30-,34?,35?/m1/s1. The molecule has 3 aromatic rings. The molecular weight excluding hydrogens is 538 g/mol. The molecule has 4 rings (SSSR count). The third kappa shape index (κ3) is 7.15. The average molecular weight is 587 g/mol. The van der Waals surface area contributed by atoms with Gasteiger partial charge in [0.05, 0.1) is 19.5 Å². The number of hydrazine groups is 1. The van der Waals surface area contributed by atoms with Crippen LogP contribution in [0.2, 0.25) is 0 Å². The van der Waals surface area contributed by atoms with Gasteiger partial charge in [-0.15, -0.1) is 0 Å². The van der Waals surface area contributed by atoms with E-state index in [4.69, 9.17) is 5.73 Å². The molecule has 1 heterocycles. The molecule has 3 aromatic carbocycles. The van der Waals surface area contributed by atoms with E-state index in [0.717, 1.165) is 21.9 Å². The summed E-state index contributed by atoms with van der Waals surface area (Å²) in [6.07, 6.45) is 2.69. The highest BCUT2D eigenvalue weighted by molar-refractivity contribution is 5.89. The van der Waals surface area contributed by atoms with Gasteiger partial charge in [0.1, 0.15) is 5.54 Å². The molecule has 0 aromatic heterocycles. The van der Waals surface area contributed by atoms with Crippen molar-refractivity contribution in [1.82, 2.24) is 15.3 Å². The SMILES string of the molecule is CCC(C)(N)C(=O)[N+](C)(C)[C@H](Cc1ccc2ccccc2c1)C(=O)N1CCCC(Cc2ccccc2)(C(=O)NN(C)C)C1. The van der Waals surface area contributed by atoms with Gasteiger partial charge in [0.15, 0.2) is 6.04 Å². The first-order chi connectivity index (χ1) is 20.3. The van der Waals surface area contributed by atoms with E-state index in [1.165, 1.54) is 0 Å². The van der Waals surface area contributed by atoms with Gasteiger partial charge < -0.3 is 10.6 Å². The van der Waals surface area contributed by atoms with Gasteiger partial charge in [-0.25, -0.2) is 9.80 Å². The molecular formula is C35H48N5O3+. The van der Waals surface area contributed by atoms with Crippen molar-refractivity contribution in [2.45, 2.75) is 57.5 Å². The van der Waals surface area contributed by atoms with Crippen molar-refractivity contribution in [3.8, 4) is 0 Å². The van der Waals surface area contributed by atoms with E-state index in [-0.39, 0.29) is 28.7 Å². The van der Waals surface area contributed by atoms with Crippen molar-refractivity contribution < 1.29 is 18.9 Å². The number of amides is 3. The molecule has 2 unspecified atom stereocenters. The van der Waals surface area contributed by atoms with E-state index in [0.29, 0.717) is 38.6 Å². The number of nitrogens with zero attached hydrogens (tertiary/aromatic N) is 3. The zero-order chi connectivity index (χ0) is 31.4. The lowest BCUT2D eigenvalue weighted by atomic mass is 9.74. The van der Waals surface area contributed by atoms with Crippen LogP contribution in [0.3, 0.4) is 0 Å². The van der Waals surface area contributed by atoms with Gasteiger partial charge in [0.25, 0.3) is 5.91 Å². The van der Waals surface area contributed by atoms with E-state index in [2.05, 4.69) is 29.7 Å². The number of likely N-dealkylation sites (N-methyl/N-ethyl adjacent to an activating group) is 1. The van der Waals surface area contributed by atoms with Crippen LogP contribution in [0, 0.1) is 5.41 Å². The average Bonchev–Trinajstić information content (AvgIpc) is 2.99. The van der Waals surface area contributed by atoms with Gasteiger partial charge in [0.2, 0.25) is 5.91 Å². The topological polar surface area (TPSA) is 95.7 Å². The summed E-state index contributed by atoms with van der Waals surface area (Å²) in [5.41, 5.74) is 9.61. The van der Waals surface area contributed by atoms with Gasteiger partial charge in [-0.1, -0.05) is 79.7 Å². The molecule has 1 fully saturated rings. The first-order valence-corrected chi connectivity index (χ1v) is 15.3. The zero-order valence-electron chi connectivity index (χ0n) is 26.6. The number of nitrogens with one attached hydrogen (secondary N) is 1. The summed E-state index contributed by atoms with van der Waals surface area (Å²) in [6.45, 7) is 4.44. The summed E-state index contributed by atoms with van der Waals surface area (Å²) in [5.74, 6) is -0.421. The lowest BCUT2D eigenvalue weighted by Gasteiger charge is -2.45. The van der Waals surface area contributed by atoms with Gasteiger partial charge in [-0.2, -0.15) is 0 Å². The number of piperidine rings is 1. The van der Waals surface area contributed by atoms with E-state index >= 15 is 0 Å². The van der Waals surface area contributed by atoms with Gasteiger partial charge >= 0.3 is 5.91 Å². The normalized spacial score (nSPS) is 19.6. The largest absolute Gasteiger partial charge is 0.336 e. The van der Waals surface area contributed by atoms with Crippen molar-refractivity contribution >= 4 is 28.5 Å². The third-order valence-electron chi connectivity index (χ3n) is 9.13. The summed E-state index contributed by atoms with van der Waals surface area (Å²) in [7, 11) is 7.19. The second-order valence-corrected chi connectivity index (χ2v) is 13.2. The molecule has 8 heteroatoms. The Morgan fingerprint density at radius 1 is 1.00 bits per heavy atom. The number of hydrogen-bond donors (Lipinski definition) is 2. The molecule has 1 aliphatic heterocycles. The molecule has 0 aliphatic carbocycles. The maximum Gasteiger partial charge on any atom is 0.333 e. The van der Waals surface area contributed by atoms with Crippen LogP contribution < -0.4 is 11.2 Å². The first kappa shape index (κ1) is 32.3. The highest BCUT2D eigenvalue weighted by Gasteiger charge is 2.51. The van der Waals surface area contributed by atoms with E-state index in [9.17, 15) is 14.4 Å². The number of carbonyl (C=O) groups is 3. The van der Waals surface area contributed by atoms with Crippen LogP contribution in [-0.4, -0.2) is 85.0 Å². The molecule has 0 radical (unpaired) electrons. The number of fused-ring (bicyclic) bond motifs is 1. The number of hydrogen-bond acceptors (Lipinski definition) is 5. The fourth-order valence-electron chi connectivity index (χ4n) is 6.38. The smallest absolute Gasteiger partial charge is 0.333 e. The van der Waals surface area contributed by atoms with Crippen LogP contribution in [0.25, 0.3) is 10.8 Å². The molecule has 8 nitrogen and oxygen atoms in total. The molecule has 1 saturated heterocycles. The summed E-state index contributed by atoms with van der Waals surface area (Å²) < 4.78 is -0.182. The molecule has 3 N–H and O–H groups in total. The number of nitrogens with two attached hydrogens (primary N) is 1. The number of benzene rings is 3. The Bertz CT molecular complexity index is 1450. The summed E-state index contributed by atoms with van der Waals surface area (Å²) in [6, 6.07) is 23.6. The van der Waals surface area contributed by atoms with Crippen molar-refractivity contribution in [3.05, 3.63) is 83.9 Å². The summed E-state index contributed by atoms with van der Waals surface area (Å²) in [4.78, 5) is 44.3. The van der Waals surface area contributed by atoms with Crippen LogP contribution in [-0.2, 0) is 27.2 Å². The number of likely N-dealkylation sites (tertiary alicyclic amines) is 1. The van der Waals surface area contributed by atoms with Crippen LogP contribution in [0.15, 0.2) is 72.8 Å². The lowest BCUT2D eigenvalue weighted by molar-refractivity contribution is -0.833. The number of rotatable bonds is 10. The Balaban J connectivity index is 1.72. The molecule has 1 aliphatic rings.